The molecule has 11 rings (SSSR count). The minimum atomic E-state index is -1.00. The van der Waals surface area contributed by atoms with Gasteiger partial charge in [0.05, 0.1) is 13.2 Å². The number of hydrogen-bond donors (Lipinski definition) is 4. The number of ether oxygens (including phenoxy) is 2. The van der Waals surface area contributed by atoms with Crippen LogP contribution in [0.4, 0.5) is 21.0 Å². The number of carbonyl (C=O) groups is 6. The van der Waals surface area contributed by atoms with Crippen molar-refractivity contribution in [1.29, 1.82) is 0 Å². The van der Waals surface area contributed by atoms with E-state index >= 15 is 0 Å². The van der Waals surface area contributed by atoms with Gasteiger partial charge in [-0.3, -0.25) is 19.2 Å². The second-order valence-electron chi connectivity index (χ2n) is 18.0. The van der Waals surface area contributed by atoms with Crippen LogP contribution >= 0.6 is 0 Å². The molecule has 2 fully saturated rings. The van der Waals surface area contributed by atoms with Crippen molar-refractivity contribution in [3.05, 3.63) is 143 Å². The molecule has 2 saturated heterocycles. The minimum Gasteiger partial charge on any atom is -0.450 e. The summed E-state index contributed by atoms with van der Waals surface area (Å²) in [5.41, 5.74) is 10.8. The average Bonchev–Trinajstić information content (AvgIpc) is 4.08. The summed E-state index contributed by atoms with van der Waals surface area (Å²) in [6.45, 7) is 6.39. The zero-order chi connectivity index (χ0) is 49.1. The first-order chi connectivity index (χ1) is 34.0. The lowest BCUT2D eigenvalue weighted by Gasteiger charge is -2.28. The molecule has 5 aromatic carbocycles. The lowest BCUT2D eigenvalue weighted by Crippen LogP contribution is -2.52. The van der Waals surface area contributed by atoms with E-state index in [1.165, 1.54) is 22.3 Å². The Labute approximate surface area is 409 Å². The van der Waals surface area contributed by atoms with Crippen molar-refractivity contribution in [1.82, 2.24) is 20.4 Å². The monoisotopic (exact) mass is 946 g/mol. The second kappa shape index (κ2) is 22.8. The fraction of sp³-hybridized carbons (Fsp3) is 0.357. The Balaban J connectivity index is 0.951. The van der Waals surface area contributed by atoms with Gasteiger partial charge in [-0.25, -0.2) is 9.59 Å². The van der Waals surface area contributed by atoms with E-state index in [-0.39, 0.29) is 36.8 Å². The number of likely N-dealkylation sites (tertiary alicyclic amines) is 2. The van der Waals surface area contributed by atoms with E-state index in [2.05, 4.69) is 69.8 Å². The molecule has 70 heavy (non-hydrogen) atoms. The SMILES string of the molecule is CCOC(=O)N[C@@H](CC)C(=O)N1CCC[C@H]1C(=O)Nc1cccc(-c2cc3ccc2CCc2ccc(c(-c4cccc(NC(=O)[C@@H]5CCCN5C(=O)[C@@H](NC(=O)OCC)c5ccccc5)c4)c2)CC3)c1. The molecule has 0 spiro atoms. The summed E-state index contributed by atoms with van der Waals surface area (Å²) in [4.78, 5) is 83.2. The van der Waals surface area contributed by atoms with E-state index in [4.69, 9.17) is 9.47 Å². The van der Waals surface area contributed by atoms with Crippen LogP contribution in [0.15, 0.2) is 115 Å². The van der Waals surface area contributed by atoms with Crippen molar-refractivity contribution in [2.45, 2.75) is 103 Å². The quantitative estimate of drug-likeness (QED) is 0.0855. The maximum Gasteiger partial charge on any atom is 0.408 e. The van der Waals surface area contributed by atoms with Gasteiger partial charge >= 0.3 is 12.2 Å². The third-order valence-electron chi connectivity index (χ3n) is 13.5. The van der Waals surface area contributed by atoms with Crippen LogP contribution in [0.2, 0.25) is 0 Å². The summed E-state index contributed by atoms with van der Waals surface area (Å²) >= 11 is 0. The van der Waals surface area contributed by atoms with Gasteiger partial charge in [-0.2, -0.15) is 0 Å². The Hall–Kier alpha value is -7.48. The molecule has 4 aliphatic carbocycles. The molecule has 4 N–H and O–H groups in total. The largest absolute Gasteiger partial charge is 0.450 e. The maximum atomic E-state index is 14.1. The predicted octanol–water partition coefficient (Wildman–Crippen LogP) is 8.78. The number of nitrogens with one attached hydrogen (secondary N) is 4. The van der Waals surface area contributed by atoms with Gasteiger partial charge in [0.15, 0.2) is 0 Å². The third kappa shape index (κ3) is 11.5. The molecule has 0 radical (unpaired) electrons. The number of rotatable bonds is 14. The lowest BCUT2D eigenvalue weighted by atomic mass is 9.87. The van der Waals surface area contributed by atoms with E-state index in [0.717, 1.165) is 47.9 Å². The summed E-state index contributed by atoms with van der Waals surface area (Å²) in [5.74, 6) is -1.20. The van der Waals surface area contributed by atoms with Gasteiger partial charge in [0.1, 0.15) is 24.2 Å². The van der Waals surface area contributed by atoms with Crippen LogP contribution in [0.1, 0.15) is 86.7 Å². The Morgan fingerprint density at radius 3 is 1.56 bits per heavy atom. The lowest BCUT2D eigenvalue weighted by molar-refractivity contribution is -0.138. The highest BCUT2D eigenvalue weighted by Gasteiger charge is 2.39. The number of hydrogen-bond acceptors (Lipinski definition) is 8. The molecular weight excluding hydrogens is 885 g/mol. The fourth-order valence-electron chi connectivity index (χ4n) is 9.92. The topological polar surface area (TPSA) is 175 Å². The first-order valence-electron chi connectivity index (χ1n) is 24.6. The molecule has 2 aliphatic heterocycles. The number of carbonyl (C=O) groups excluding carboxylic acids is 6. The zero-order valence-electron chi connectivity index (χ0n) is 40.1. The number of alkyl carbamates (subject to hydrolysis) is 2. The van der Waals surface area contributed by atoms with Crippen molar-refractivity contribution in [3.63, 3.8) is 0 Å². The number of anilines is 2. The van der Waals surface area contributed by atoms with Crippen LogP contribution in [0.5, 0.6) is 0 Å². The van der Waals surface area contributed by atoms with Gasteiger partial charge in [0.25, 0.3) is 5.91 Å². The fourth-order valence-corrected chi connectivity index (χ4v) is 9.92. The van der Waals surface area contributed by atoms with Crippen molar-refractivity contribution in [2.75, 3.05) is 36.9 Å². The van der Waals surface area contributed by atoms with E-state index in [9.17, 15) is 28.8 Å². The van der Waals surface area contributed by atoms with Crippen LogP contribution in [-0.2, 0) is 54.3 Å². The Morgan fingerprint density at radius 2 is 1.06 bits per heavy atom. The molecular formula is C56H62N6O8. The first kappa shape index (κ1) is 49.0. The second-order valence-corrected chi connectivity index (χ2v) is 18.0. The number of aryl methyl sites for hydroxylation is 4. The Kier molecular flexibility index (Phi) is 15.9. The molecule has 2 heterocycles. The van der Waals surface area contributed by atoms with Gasteiger partial charge in [0, 0.05) is 24.5 Å². The van der Waals surface area contributed by atoms with Gasteiger partial charge in [0.2, 0.25) is 17.7 Å². The van der Waals surface area contributed by atoms with Crippen LogP contribution < -0.4 is 21.3 Å². The van der Waals surface area contributed by atoms with E-state index in [0.29, 0.717) is 62.1 Å². The summed E-state index contributed by atoms with van der Waals surface area (Å²) in [5, 5.41) is 11.5. The van der Waals surface area contributed by atoms with E-state index in [1.54, 1.807) is 47.9 Å². The summed E-state index contributed by atoms with van der Waals surface area (Å²) in [6.07, 6.45) is 4.49. The van der Waals surface area contributed by atoms with Crippen molar-refractivity contribution in [3.8, 4) is 22.3 Å². The summed E-state index contributed by atoms with van der Waals surface area (Å²) in [6, 6.07) is 34.9. The maximum absolute atomic E-state index is 14.1. The Morgan fingerprint density at radius 1 is 0.557 bits per heavy atom. The van der Waals surface area contributed by atoms with Crippen LogP contribution in [0.25, 0.3) is 22.3 Å². The minimum absolute atomic E-state index is 0.159. The third-order valence-corrected chi connectivity index (χ3v) is 13.5. The van der Waals surface area contributed by atoms with E-state index < -0.39 is 36.4 Å². The standard InChI is InChI=1S/C56H62N6O8/c1-4-47(59-55(67)69-5-2)53(65)61-30-12-20-48(61)51(63)57-43-18-10-16-41(34-43)45-32-36-22-26-38(45)27-23-37-25-29-39(28-24-36)46(33-37)42-17-11-19-44(35-42)58-52(64)49-21-13-31-62(49)54(66)50(60-56(68)70-6-3)40-14-8-7-9-15-40/h7-11,14-19,22,25-26,29,32-35,47-50H,4-6,12-13,20-21,23-24,27-28,30-31H2,1-3H3,(H,57,63)(H,58,64)(H,59,67)(H,60,68)/t47-,48-,49-,50-/m0/s1. The van der Waals surface area contributed by atoms with Gasteiger partial charge in [-0.1, -0.05) is 97.9 Å². The molecule has 6 amide bonds. The summed E-state index contributed by atoms with van der Waals surface area (Å²) in [7, 11) is 0. The highest BCUT2D eigenvalue weighted by Crippen LogP contribution is 2.34. The molecule has 6 aliphatic rings. The molecule has 0 aromatic heterocycles. The molecule has 0 saturated carbocycles. The first-order valence-corrected chi connectivity index (χ1v) is 24.6. The zero-order valence-corrected chi connectivity index (χ0v) is 40.1. The smallest absolute Gasteiger partial charge is 0.408 e. The van der Waals surface area contributed by atoms with Crippen LogP contribution in [-0.4, -0.2) is 90.0 Å². The van der Waals surface area contributed by atoms with Crippen molar-refractivity contribution >= 4 is 47.2 Å². The number of amides is 6. The molecule has 364 valence electrons. The molecule has 4 bridgehead atoms. The van der Waals surface area contributed by atoms with Gasteiger partial charge in [-0.15, -0.1) is 0 Å². The summed E-state index contributed by atoms with van der Waals surface area (Å²) < 4.78 is 10.1. The predicted molar refractivity (Wildman–Crippen MR) is 269 cm³/mol. The average molecular weight is 947 g/mol. The van der Waals surface area contributed by atoms with Crippen LogP contribution in [0, 0.1) is 0 Å². The normalized spacial score (nSPS) is 17.1. The van der Waals surface area contributed by atoms with E-state index in [1.807, 2.05) is 49.4 Å². The highest BCUT2D eigenvalue weighted by atomic mass is 16.6. The molecule has 14 heteroatoms. The molecule has 5 aromatic rings. The molecule has 4 atom stereocenters. The number of benzene rings is 5. The van der Waals surface area contributed by atoms with Gasteiger partial charge in [-0.05, 0) is 146 Å². The van der Waals surface area contributed by atoms with Gasteiger partial charge < -0.3 is 40.5 Å². The molecule has 14 nitrogen and oxygen atoms in total. The van der Waals surface area contributed by atoms with Crippen LogP contribution in [0.3, 0.4) is 0 Å². The van der Waals surface area contributed by atoms with Crippen molar-refractivity contribution in [2.24, 2.45) is 0 Å². The molecule has 0 unspecified atom stereocenters. The Bertz CT molecular complexity index is 2730. The highest BCUT2D eigenvalue weighted by molar-refractivity contribution is 6.00. The van der Waals surface area contributed by atoms with Crippen molar-refractivity contribution < 1.29 is 38.2 Å². The number of nitrogens with zero attached hydrogens (tertiary/aromatic N) is 2.